The zero-order valence-corrected chi connectivity index (χ0v) is 15.8. The maximum absolute atomic E-state index is 13.4. The number of anilines is 2. The number of halogens is 2. The van der Waals surface area contributed by atoms with Gasteiger partial charge < -0.3 is 26.1 Å². The van der Waals surface area contributed by atoms with Crippen molar-refractivity contribution in [1.29, 1.82) is 0 Å². The van der Waals surface area contributed by atoms with Crippen LogP contribution >= 0.6 is 11.6 Å². The lowest BCUT2D eigenvalue weighted by Crippen LogP contribution is -2.18. The van der Waals surface area contributed by atoms with E-state index in [9.17, 15) is 14.4 Å². The van der Waals surface area contributed by atoms with E-state index in [1.165, 1.54) is 24.4 Å². The standard InChI is InChI=1S/C18H17ClFN7O2/c19-12-6-10(1-2-13(12)20)24-16(27-29)11-3-4-21-17-15(11)25-18(26-17)23-8-9-5-14(28)22-7-9/h1-4,6,9,29H,5,7-8H2,(H,22,28)(H,24,27)(H2,21,23,25,26). The molecule has 1 aliphatic heterocycles. The second-order valence-electron chi connectivity index (χ2n) is 6.60. The minimum Gasteiger partial charge on any atom is -0.409 e. The number of oxime groups is 1. The second kappa shape index (κ2) is 7.92. The number of H-pyrrole nitrogens is 1. The summed E-state index contributed by atoms with van der Waals surface area (Å²) in [6.45, 7) is 1.20. The molecule has 1 amide bonds. The summed E-state index contributed by atoms with van der Waals surface area (Å²) in [7, 11) is 0. The molecule has 4 rings (SSSR count). The average molecular weight is 418 g/mol. The Labute approximate surface area is 169 Å². The topological polar surface area (TPSA) is 127 Å². The lowest BCUT2D eigenvalue weighted by atomic mass is 10.1. The fraction of sp³-hybridized carbons (Fsp3) is 0.222. The number of carbonyl (C=O) groups excluding carboxylic acids is 1. The number of carbonyl (C=O) groups is 1. The van der Waals surface area contributed by atoms with Crippen LogP contribution in [0.15, 0.2) is 35.6 Å². The first-order valence-corrected chi connectivity index (χ1v) is 9.21. The quantitative estimate of drug-likeness (QED) is 0.188. The van der Waals surface area contributed by atoms with Crippen LogP contribution in [0, 0.1) is 11.7 Å². The molecule has 1 unspecified atom stereocenters. The molecule has 0 radical (unpaired) electrons. The smallest absolute Gasteiger partial charge is 0.220 e. The molecule has 29 heavy (non-hydrogen) atoms. The number of benzene rings is 1. The number of hydrogen-bond acceptors (Lipinski definition) is 6. The zero-order chi connectivity index (χ0) is 20.4. The number of rotatable bonds is 5. The minimum absolute atomic E-state index is 0.0427. The van der Waals surface area contributed by atoms with Crippen molar-refractivity contribution >= 4 is 46.1 Å². The monoisotopic (exact) mass is 417 g/mol. The molecule has 1 aromatic carbocycles. The SMILES string of the molecule is O=C1CC(CNc2nc3nccc(/C(=N/O)Nc4ccc(F)c(Cl)c4)c3[nH]2)CN1. The van der Waals surface area contributed by atoms with E-state index in [4.69, 9.17) is 11.6 Å². The van der Waals surface area contributed by atoms with Gasteiger partial charge in [-0.2, -0.15) is 4.98 Å². The molecule has 0 bridgehead atoms. The van der Waals surface area contributed by atoms with E-state index in [1.54, 1.807) is 6.07 Å². The van der Waals surface area contributed by atoms with Gasteiger partial charge in [0.1, 0.15) is 5.82 Å². The fourth-order valence-corrected chi connectivity index (χ4v) is 3.28. The van der Waals surface area contributed by atoms with Crippen molar-refractivity contribution in [2.75, 3.05) is 23.7 Å². The average Bonchev–Trinajstić information content (AvgIpc) is 3.32. The molecule has 0 saturated carbocycles. The fourth-order valence-electron chi connectivity index (χ4n) is 3.10. The van der Waals surface area contributed by atoms with E-state index < -0.39 is 5.82 Å². The highest BCUT2D eigenvalue weighted by Crippen LogP contribution is 2.22. The number of amides is 1. The van der Waals surface area contributed by atoms with Crippen molar-refractivity contribution in [3.63, 3.8) is 0 Å². The number of pyridine rings is 1. The van der Waals surface area contributed by atoms with Crippen molar-refractivity contribution in [3.05, 3.63) is 46.9 Å². The number of nitrogens with one attached hydrogen (secondary N) is 4. The Balaban J connectivity index is 1.56. The molecule has 0 aliphatic carbocycles. The highest BCUT2D eigenvalue weighted by molar-refractivity contribution is 6.31. The highest BCUT2D eigenvalue weighted by Gasteiger charge is 2.21. The van der Waals surface area contributed by atoms with E-state index in [-0.39, 0.29) is 22.7 Å². The molecule has 11 heteroatoms. The predicted molar refractivity (Wildman–Crippen MR) is 107 cm³/mol. The summed E-state index contributed by atoms with van der Waals surface area (Å²) >= 11 is 5.81. The molecule has 3 aromatic rings. The van der Waals surface area contributed by atoms with Gasteiger partial charge in [-0.25, -0.2) is 9.37 Å². The van der Waals surface area contributed by atoms with Crippen LogP contribution in [0.3, 0.4) is 0 Å². The maximum atomic E-state index is 13.4. The number of nitrogens with zero attached hydrogens (tertiary/aromatic N) is 3. The summed E-state index contributed by atoms with van der Waals surface area (Å²) < 4.78 is 13.4. The van der Waals surface area contributed by atoms with Crippen LogP contribution in [0.1, 0.15) is 12.0 Å². The Bertz CT molecular complexity index is 1100. The van der Waals surface area contributed by atoms with Gasteiger partial charge in [0.05, 0.1) is 10.5 Å². The summed E-state index contributed by atoms with van der Waals surface area (Å²) in [6.07, 6.45) is 2.01. The Morgan fingerprint density at radius 1 is 1.41 bits per heavy atom. The van der Waals surface area contributed by atoms with E-state index in [0.717, 1.165) is 0 Å². The molecule has 5 N–H and O–H groups in total. The molecule has 0 spiro atoms. The predicted octanol–water partition coefficient (Wildman–Crippen LogP) is 2.55. The molecular formula is C18H17ClFN7O2. The first-order valence-electron chi connectivity index (χ1n) is 8.83. The molecule has 1 aliphatic rings. The molecule has 1 saturated heterocycles. The molecule has 9 nitrogen and oxygen atoms in total. The Morgan fingerprint density at radius 3 is 3.00 bits per heavy atom. The van der Waals surface area contributed by atoms with Gasteiger partial charge in [0, 0.05) is 42.9 Å². The van der Waals surface area contributed by atoms with Gasteiger partial charge in [0.15, 0.2) is 11.5 Å². The van der Waals surface area contributed by atoms with Crippen molar-refractivity contribution in [2.24, 2.45) is 11.1 Å². The third-order valence-electron chi connectivity index (χ3n) is 4.55. The normalized spacial score (nSPS) is 16.8. The van der Waals surface area contributed by atoms with Crippen LogP contribution in [0.5, 0.6) is 0 Å². The largest absolute Gasteiger partial charge is 0.409 e. The van der Waals surface area contributed by atoms with Gasteiger partial charge in [-0.15, -0.1) is 0 Å². The van der Waals surface area contributed by atoms with Crippen molar-refractivity contribution in [2.45, 2.75) is 6.42 Å². The first kappa shape index (κ1) is 18.9. The van der Waals surface area contributed by atoms with Gasteiger partial charge in [-0.3, -0.25) is 4.79 Å². The number of imidazole rings is 1. The number of aromatic nitrogens is 3. The summed E-state index contributed by atoms with van der Waals surface area (Å²) in [5.74, 6) is 0.278. The third-order valence-corrected chi connectivity index (χ3v) is 4.84. The number of aromatic amines is 1. The summed E-state index contributed by atoms with van der Waals surface area (Å²) in [5.41, 5.74) is 1.93. The van der Waals surface area contributed by atoms with Gasteiger partial charge in [-0.05, 0) is 24.3 Å². The summed E-state index contributed by atoms with van der Waals surface area (Å²) in [5, 5.41) is 21.6. The Kier molecular flexibility index (Phi) is 5.17. The van der Waals surface area contributed by atoms with Crippen LogP contribution in [0.2, 0.25) is 5.02 Å². The van der Waals surface area contributed by atoms with Crippen LogP contribution in [-0.2, 0) is 4.79 Å². The van der Waals surface area contributed by atoms with Crippen LogP contribution in [0.4, 0.5) is 16.0 Å². The van der Waals surface area contributed by atoms with Crippen LogP contribution < -0.4 is 16.0 Å². The highest BCUT2D eigenvalue weighted by atomic mass is 35.5. The van der Waals surface area contributed by atoms with E-state index in [2.05, 4.69) is 36.1 Å². The second-order valence-corrected chi connectivity index (χ2v) is 7.01. The van der Waals surface area contributed by atoms with Crippen molar-refractivity contribution < 1.29 is 14.4 Å². The Morgan fingerprint density at radius 2 is 2.28 bits per heavy atom. The minimum atomic E-state index is -0.547. The van der Waals surface area contributed by atoms with Crippen molar-refractivity contribution in [1.82, 2.24) is 20.3 Å². The van der Waals surface area contributed by atoms with Gasteiger partial charge >= 0.3 is 0 Å². The molecule has 150 valence electrons. The lowest BCUT2D eigenvalue weighted by Gasteiger charge is -2.09. The number of amidine groups is 1. The first-order chi connectivity index (χ1) is 14.0. The van der Waals surface area contributed by atoms with E-state index in [1.807, 2.05) is 0 Å². The summed E-state index contributed by atoms with van der Waals surface area (Å²) in [6, 6.07) is 5.72. The van der Waals surface area contributed by atoms with E-state index in [0.29, 0.717) is 47.9 Å². The lowest BCUT2D eigenvalue weighted by molar-refractivity contribution is -0.119. The summed E-state index contributed by atoms with van der Waals surface area (Å²) in [4.78, 5) is 23.0. The molecule has 2 aromatic heterocycles. The number of fused-ring (bicyclic) bond motifs is 1. The van der Waals surface area contributed by atoms with E-state index >= 15 is 0 Å². The maximum Gasteiger partial charge on any atom is 0.220 e. The van der Waals surface area contributed by atoms with Crippen molar-refractivity contribution in [3.8, 4) is 0 Å². The van der Waals surface area contributed by atoms with Crippen LogP contribution in [-0.4, -0.2) is 45.0 Å². The molecule has 1 atom stereocenters. The van der Waals surface area contributed by atoms with Gasteiger partial charge in [0.25, 0.3) is 0 Å². The van der Waals surface area contributed by atoms with Gasteiger partial charge in [0.2, 0.25) is 11.9 Å². The van der Waals surface area contributed by atoms with Gasteiger partial charge in [-0.1, -0.05) is 16.8 Å². The third kappa shape index (κ3) is 4.06. The van der Waals surface area contributed by atoms with Crippen LogP contribution in [0.25, 0.3) is 11.2 Å². The number of hydrogen-bond donors (Lipinski definition) is 5. The molecule has 3 heterocycles. The zero-order valence-electron chi connectivity index (χ0n) is 15.0. The molecule has 1 fully saturated rings. The Hall–Kier alpha value is -3.40. The molecular weight excluding hydrogens is 401 g/mol.